The standard InChI is InChI=1S/C34H33NO2/c1-32(2,3)21-14-19-26-24-17(21)12-10-16-11-13-18-22(33(4,5)6)15-20(27(26)25(18)23(16)24)29-28(19)30(36)35(31(29)37)34(7,8)9/h10-15H,1-9H3. The first-order chi connectivity index (χ1) is 17.1. The van der Waals surface area contributed by atoms with E-state index in [0.29, 0.717) is 10.8 Å². The molecule has 0 fully saturated rings. The zero-order valence-electron chi connectivity index (χ0n) is 23.2. The lowest BCUT2D eigenvalue weighted by Gasteiger charge is -2.23. The largest absolute Gasteiger partial charge is 0.269 e. The highest BCUT2D eigenvalue weighted by atomic mass is 16.2. The van der Waals surface area contributed by atoms with Crippen LogP contribution in [-0.2, 0) is 16.4 Å². The Bertz CT molecular complexity index is 2010. The van der Waals surface area contributed by atoms with Crippen LogP contribution in [0.5, 0.6) is 0 Å². The fraction of sp³-hybridized carbons (Fsp3) is 0.353. The van der Waals surface area contributed by atoms with Crippen molar-refractivity contribution < 1.29 is 0 Å². The van der Waals surface area contributed by atoms with E-state index in [1.807, 2.05) is 20.8 Å². The first-order valence-electron chi connectivity index (χ1n) is 13.3. The minimum absolute atomic E-state index is 0.127. The number of nitrogens with zero attached hydrogens (tertiary/aromatic N) is 1. The second-order valence-electron chi connectivity index (χ2n) is 14.1. The van der Waals surface area contributed by atoms with E-state index in [2.05, 4.69) is 77.9 Å². The molecule has 0 radical (unpaired) electrons. The lowest BCUT2D eigenvalue weighted by molar-refractivity contribution is 0.380. The minimum Gasteiger partial charge on any atom is -0.269 e. The van der Waals surface area contributed by atoms with E-state index in [9.17, 15) is 9.59 Å². The van der Waals surface area contributed by atoms with E-state index in [1.165, 1.54) is 48.0 Å². The Morgan fingerprint density at radius 1 is 0.486 bits per heavy atom. The Kier molecular flexibility index (Phi) is 3.88. The van der Waals surface area contributed by atoms with Gasteiger partial charge in [-0.05, 0) is 109 Å². The zero-order valence-corrected chi connectivity index (χ0v) is 23.2. The van der Waals surface area contributed by atoms with Gasteiger partial charge < -0.3 is 0 Å². The Morgan fingerprint density at radius 2 is 0.865 bits per heavy atom. The SMILES string of the molecule is CC(C)(C)c1cc2c3c(=O)n(C(C)(C)C)c(=O)c3c3cc(C(C)(C)C)c4ccc5ccc1c1c5c4c3c21. The summed E-state index contributed by atoms with van der Waals surface area (Å²) in [4.78, 5) is 28.3. The number of aromatic nitrogens is 1. The molecule has 0 aliphatic rings. The maximum absolute atomic E-state index is 14.1. The van der Waals surface area contributed by atoms with Crippen LogP contribution >= 0.6 is 0 Å². The van der Waals surface area contributed by atoms with Gasteiger partial charge in [-0.15, -0.1) is 0 Å². The van der Waals surface area contributed by atoms with E-state index < -0.39 is 5.54 Å². The van der Waals surface area contributed by atoms with Crippen LogP contribution in [0.25, 0.3) is 64.6 Å². The molecule has 7 aromatic rings. The van der Waals surface area contributed by atoms with Crippen molar-refractivity contribution in [3.8, 4) is 0 Å². The van der Waals surface area contributed by atoms with Crippen LogP contribution in [0.15, 0.2) is 46.0 Å². The van der Waals surface area contributed by atoms with Crippen LogP contribution in [0.1, 0.15) is 73.4 Å². The molecule has 186 valence electrons. The van der Waals surface area contributed by atoms with Gasteiger partial charge in [0.05, 0.1) is 10.8 Å². The fourth-order valence-corrected chi connectivity index (χ4v) is 7.04. The Hall–Kier alpha value is -3.46. The predicted octanol–water partition coefficient (Wildman–Crippen LogP) is 8.23. The van der Waals surface area contributed by atoms with E-state index >= 15 is 0 Å². The highest BCUT2D eigenvalue weighted by Gasteiger charge is 2.33. The average Bonchev–Trinajstić information content (AvgIpc) is 3.27. The normalized spacial score (nSPS) is 14.3. The third-order valence-corrected chi connectivity index (χ3v) is 8.54. The van der Waals surface area contributed by atoms with Gasteiger partial charge in [-0.25, -0.2) is 0 Å². The van der Waals surface area contributed by atoms with Crippen LogP contribution in [0, 0.1) is 0 Å². The molecule has 3 nitrogen and oxygen atoms in total. The van der Waals surface area contributed by atoms with Crippen molar-refractivity contribution in [1.29, 1.82) is 0 Å². The second-order valence-corrected chi connectivity index (χ2v) is 14.1. The van der Waals surface area contributed by atoms with Gasteiger partial charge in [0.15, 0.2) is 0 Å². The second kappa shape index (κ2) is 6.32. The topological polar surface area (TPSA) is 39.1 Å². The number of benzene rings is 5. The van der Waals surface area contributed by atoms with Crippen LogP contribution < -0.4 is 11.1 Å². The van der Waals surface area contributed by atoms with Gasteiger partial charge >= 0.3 is 0 Å². The highest BCUT2D eigenvalue weighted by molar-refractivity contribution is 6.48. The summed E-state index contributed by atoms with van der Waals surface area (Å²) < 4.78 is 1.48. The maximum Gasteiger partial charge on any atom is 0.262 e. The van der Waals surface area contributed by atoms with Crippen molar-refractivity contribution in [2.45, 2.75) is 78.7 Å². The summed E-state index contributed by atoms with van der Waals surface area (Å²) in [5.41, 5.74) is 1.23. The van der Waals surface area contributed by atoms with Gasteiger partial charge in [-0.3, -0.25) is 14.2 Å². The first kappa shape index (κ1) is 22.7. The summed E-state index contributed by atoms with van der Waals surface area (Å²) in [6.07, 6.45) is 0. The van der Waals surface area contributed by atoms with Gasteiger partial charge in [0, 0.05) is 5.54 Å². The molecule has 0 aliphatic heterocycles. The summed E-state index contributed by atoms with van der Waals surface area (Å²) in [5, 5.41) is 12.8. The van der Waals surface area contributed by atoms with E-state index in [4.69, 9.17) is 0 Å². The molecule has 0 amide bonds. The molecule has 0 spiro atoms. The van der Waals surface area contributed by atoms with Crippen molar-refractivity contribution >= 4 is 64.6 Å². The Labute approximate surface area is 216 Å². The number of rotatable bonds is 0. The molecule has 1 heterocycles. The van der Waals surface area contributed by atoms with Gasteiger partial charge in [-0.1, -0.05) is 65.8 Å². The molecule has 0 bridgehead atoms. The molecule has 0 atom stereocenters. The quantitative estimate of drug-likeness (QED) is 0.202. The molecule has 0 saturated carbocycles. The summed E-state index contributed by atoms with van der Waals surface area (Å²) >= 11 is 0. The molecule has 6 aromatic carbocycles. The van der Waals surface area contributed by atoms with Crippen LogP contribution in [-0.4, -0.2) is 4.57 Å². The third kappa shape index (κ3) is 2.58. The minimum atomic E-state index is -0.609. The Balaban J connectivity index is 1.96. The first-order valence-corrected chi connectivity index (χ1v) is 13.3. The number of hydrogen-bond acceptors (Lipinski definition) is 2. The summed E-state index contributed by atoms with van der Waals surface area (Å²) in [5.74, 6) is 0. The van der Waals surface area contributed by atoms with Crippen molar-refractivity contribution in [2.24, 2.45) is 0 Å². The molecular formula is C34H33NO2. The number of hydrogen-bond donors (Lipinski definition) is 0. The van der Waals surface area contributed by atoms with Crippen molar-refractivity contribution in [1.82, 2.24) is 4.57 Å². The van der Waals surface area contributed by atoms with Crippen molar-refractivity contribution in [3.05, 3.63) is 68.2 Å². The lowest BCUT2D eigenvalue weighted by Crippen LogP contribution is -2.38. The molecular weight excluding hydrogens is 454 g/mol. The third-order valence-electron chi connectivity index (χ3n) is 8.54. The maximum atomic E-state index is 14.1. The summed E-state index contributed by atoms with van der Waals surface area (Å²) in [7, 11) is 0. The highest BCUT2D eigenvalue weighted by Crippen LogP contribution is 2.53. The molecule has 3 heteroatoms. The molecule has 1 aromatic heterocycles. The molecule has 0 unspecified atom stereocenters. The molecule has 37 heavy (non-hydrogen) atoms. The van der Waals surface area contributed by atoms with Crippen LogP contribution in [0.4, 0.5) is 0 Å². The lowest BCUT2D eigenvalue weighted by atomic mass is 9.80. The smallest absolute Gasteiger partial charge is 0.262 e. The fourth-order valence-electron chi connectivity index (χ4n) is 7.04. The summed E-state index contributed by atoms with van der Waals surface area (Å²) in [6.45, 7) is 19.2. The predicted molar refractivity (Wildman–Crippen MR) is 159 cm³/mol. The van der Waals surface area contributed by atoms with Gasteiger partial charge in [0.2, 0.25) is 0 Å². The molecule has 0 saturated heterocycles. The van der Waals surface area contributed by atoms with E-state index in [1.54, 1.807) is 0 Å². The molecule has 0 aliphatic carbocycles. The Morgan fingerprint density at radius 3 is 1.22 bits per heavy atom. The van der Waals surface area contributed by atoms with Crippen molar-refractivity contribution in [3.63, 3.8) is 0 Å². The van der Waals surface area contributed by atoms with Crippen LogP contribution in [0.3, 0.4) is 0 Å². The molecule has 7 rings (SSSR count). The monoisotopic (exact) mass is 487 g/mol. The van der Waals surface area contributed by atoms with Crippen molar-refractivity contribution in [2.75, 3.05) is 0 Å². The summed E-state index contributed by atoms with van der Waals surface area (Å²) in [6, 6.07) is 13.4. The van der Waals surface area contributed by atoms with E-state index in [0.717, 1.165) is 21.5 Å². The zero-order chi connectivity index (χ0) is 26.6. The average molecular weight is 488 g/mol. The molecule has 0 N–H and O–H groups in total. The van der Waals surface area contributed by atoms with Gasteiger partial charge in [-0.2, -0.15) is 0 Å². The van der Waals surface area contributed by atoms with E-state index in [-0.39, 0.29) is 21.9 Å². The van der Waals surface area contributed by atoms with Gasteiger partial charge in [0.25, 0.3) is 11.1 Å². The number of fused-ring (bicyclic) bond motifs is 3. The van der Waals surface area contributed by atoms with Crippen LogP contribution in [0.2, 0.25) is 0 Å². The van der Waals surface area contributed by atoms with Gasteiger partial charge in [0.1, 0.15) is 0 Å².